The van der Waals surface area contributed by atoms with Crippen molar-refractivity contribution in [2.45, 2.75) is 32.4 Å². The second-order valence-corrected chi connectivity index (χ2v) is 5.66. The van der Waals surface area contributed by atoms with Gasteiger partial charge in [0.15, 0.2) is 6.10 Å². The number of hydrogen-bond donors (Lipinski definition) is 1. The number of alkyl halides is 3. The van der Waals surface area contributed by atoms with Crippen LogP contribution in [0.1, 0.15) is 17.4 Å². The van der Waals surface area contributed by atoms with Crippen LogP contribution in [0.3, 0.4) is 0 Å². The predicted octanol–water partition coefficient (Wildman–Crippen LogP) is 4.09. The second kappa shape index (κ2) is 6.11. The molecule has 2 nitrogen and oxygen atoms in total. The number of halogens is 3. The van der Waals surface area contributed by atoms with Gasteiger partial charge in [0.25, 0.3) is 0 Å². The van der Waals surface area contributed by atoms with Gasteiger partial charge in [0.1, 0.15) is 0 Å². The van der Waals surface area contributed by atoms with Gasteiger partial charge in [-0.3, -0.25) is 0 Å². The molecule has 6 heteroatoms. The molecule has 1 aromatic heterocycles. The summed E-state index contributed by atoms with van der Waals surface area (Å²) in [4.78, 5) is 1.02. The van der Waals surface area contributed by atoms with E-state index in [1.54, 1.807) is 11.3 Å². The molecule has 0 saturated heterocycles. The first-order chi connectivity index (χ1) is 9.43. The highest BCUT2D eigenvalue weighted by molar-refractivity contribution is 7.19. The molecule has 20 heavy (non-hydrogen) atoms. The van der Waals surface area contributed by atoms with Crippen LogP contribution >= 0.6 is 11.3 Å². The summed E-state index contributed by atoms with van der Waals surface area (Å²) in [6, 6.07) is 7.69. The summed E-state index contributed by atoms with van der Waals surface area (Å²) in [6.07, 6.45) is -6.08. The Morgan fingerprint density at radius 2 is 2.00 bits per heavy atom. The summed E-state index contributed by atoms with van der Waals surface area (Å²) < 4.78 is 43.6. The van der Waals surface area contributed by atoms with Crippen LogP contribution in [0.4, 0.5) is 13.2 Å². The lowest BCUT2D eigenvalue weighted by atomic mass is 10.1. The Hall–Kier alpha value is -1.11. The molecule has 2 rings (SSSR count). The third-order valence-electron chi connectivity index (χ3n) is 3.06. The van der Waals surface area contributed by atoms with E-state index < -0.39 is 12.3 Å². The van der Waals surface area contributed by atoms with E-state index in [9.17, 15) is 13.2 Å². The van der Waals surface area contributed by atoms with Crippen LogP contribution in [0.2, 0.25) is 0 Å². The van der Waals surface area contributed by atoms with Gasteiger partial charge in [-0.15, -0.1) is 11.3 Å². The van der Waals surface area contributed by atoms with Gasteiger partial charge in [0.05, 0.1) is 6.61 Å². The molecule has 0 saturated carbocycles. The molecule has 0 aliphatic rings. The van der Waals surface area contributed by atoms with Crippen molar-refractivity contribution in [3.63, 3.8) is 0 Å². The Bertz CT molecular complexity index is 579. The van der Waals surface area contributed by atoms with Crippen molar-refractivity contribution in [3.05, 3.63) is 34.7 Å². The fourth-order valence-corrected chi connectivity index (χ4v) is 3.14. The first-order valence-electron chi connectivity index (χ1n) is 6.25. The van der Waals surface area contributed by atoms with Gasteiger partial charge in [-0.1, -0.05) is 18.2 Å². The van der Waals surface area contributed by atoms with Gasteiger partial charge in [0.2, 0.25) is 0 Å². The summed E-state index contributed by atoms with van der Waals surface area (Å²) in [5.41, 5.74) is 0.844. The zero-order chi connectivity index (χ0) is 14.8. The highest BCUT2D eigenvalue weighted by Crippen LogP contribution is 2.33. The van der Waals surface area contributed by atoms with Crippen LogP contribution in [0, 0.1) is 0 Å². The maximum Gasteiger partial charge on any atom is 0.414 e. The van der Waals surface area contributed by atoms with Crippen molar-refractivity contribution < 1.29 is 17.9 Å². The van der Waals surface area contributed by atoms with E-state index in [1.165, 1.54) is 0 Å². The summed E-state index contributed by atoms with van der Waals surface area (Å²) in [5, 5.41) is 4.01. The molecule has 1 unspecified atom stereocenters. The summed E-state index contributed by atoms with van der Waals surface area (Å²) in [7, 11) is 1.81. The molecule has 0 bridgehead atoms. The molecule has 1 N–H and O–H groups in total. The normalized spacial score (nSPS) is 13.8. The van der Waals surface area contributed by atoms with Gasteiger partial charge in [-0.05, 0) is 25.4 Å². The van der Waals surface area contributed by atoms with E-state index in [2.05, 4.69) is 5.32 Å². The van der Waals surface area contributed by atoms with Crippen LogP contribution in [-0.2, 0) is 17.9 Å². The van der Waals surface area contributed by atoms with Crippen molar-refractivity contribution in [3.8, 4) is 0 Å². The Kier molecular flexibility index (Phi) is 4.67. The molecule has 0 spiro atoms. The van der Waals surface area contributed by atoms with Crippen LogP contribution in [0.15, 0.2) is 24.3 Å². The summed E-state index contributed by atoms with van der Waals surface area (Å²) in [5.74, 6) is 0. The van der Waals surface area contributed by atoms with Gasteiger partial charge in [0, 0.05) is 21.7 Å². The van der Waals surface area contributed by atoms with Gasteiger partial charge < -0.3 is 10.1 Å². The van der Waals surface area contributed by atoms with Crippen molar-refractivity contribution >= 4 is 21.4 Å². The lowest BCUT2D eigenvalue weighted by molar-refractivity contribution is -0.217. The molecule has 0 radical (unpaired) electrons. The highest BCUT2D eigenvalue weighted by atomic mass is 32.1. The van der Waals surface area contributed by atoms with Gasteiger partial charge in [-0.2, -0.15) is 13.2 Å². The predicted molar refractivity (Wildman–Crippen MR) is 74.9 cm³/mol. The van der Waals surface area contributed by atoms with Crippen molar-refractivity contribution in [1.29, 1.82) is 0 Å². The summed E-state index contributed by atoms with van der Waals surface area (Å²) >= 11 is 1.58. The SMILES string of the molecule is CNCc1sc2ccccc2c1COC(C)C(F)(F)F. The number of rotatable bonds is 5. The largest absolute Gasteiger partial charge is 0.414 e. The lowest BCUT2D eigenvalue weighted by Gasteiger charge is -2.16. The van der Waals surface area contributed by atoms with Crippen LogP contribution in [-0.4, -0.2) is 19.3 Å². The van der Waals surface area contributed by atoms with Gasteiger partial charge >= 0.3 is 6.18 Å². The molecule has 2 aromatic rings. The smallest absolute Gasteiger partial charge is 0.364 e. The zero-order valence-corrected chi connectivity index (χ0v) is 12.1. The number of benzene rings is 1. The van der Waals surface area contributed by atoms with E-state index in [0.717, 1.165) is 27.5 Å². The third kappa shape index (κ3) is 3.31. The average Bonchev–Trinajstić information content (AvgIpc) is 2.73. The van der Waals surface area contributed by atoms with E-state index in [0.29, 0.717) is 6.54 Å². The maximum atomic E-state index is 12.5. The second-order valence-electron chi connectivity index (χ2n) is 4.53. The Morgan fingerprint density at radius 3 is 2.65 bits per heavy atom. The van der Waals surface area contributed by atoms with E-state index in [-0.39, 0.29) is 6.61 Å². The summed E-state index contributed by atoms with van der Waals surface area (Å²) in [6.45, 7) is 1.63. The first-order valence-corrected chi connectivity index (χ1v) is 7.07. The fraction of sp³-hybridized carbons (Fsp3) is 0.429. The maximum absolute atomic E-state index is 12.5. The average molecular weight is 303 g/mol. The molecule has 0 aliphatic heterocycles. The standard InChI is InChI=1S/C14H16F3NOS/c1-9(14(15,16)17)19-8-11-10-5-3-4-6-12(10)20-13(11)7-18-2/h3-6,9,18H,7-8H2,1-2H3. The molecule has 0 fully saturated rings. The van der Waals surface area contributed by atoms with E-state index in [4.69, 9.17) is 4.74 Å². The fourth-order valence-electron chi connectivity index (χ4n) is 1.91. The van der Waals surface area contributed by atoms with Crippen LogP contribution in [0.25, 0.3) is 10.1 Å². The topological polar surface area (TPSA) is 21.3 Å². The van der Waals surface area contributed by atoms with Crippen LogP contribution in [0.5, 0.6) is 0 Å². The molecular weight excluding hydrogens is 287 g/mol. The van der Waals surface area contributed by atoms with Crippen molar-refractivity contribution in [2.24, 2.45) is 0 Å². The third-order valence-corrected chi connectivity index (χ3v) is 4.27. The molecular formula is C14H16F3NOS. The monoisotopic (exact) mass is 303 g/mol. The molecule has 0 amide bonds. The zero-order valence-electron chi connectivity index (χ0n) is 11.3. The van der Waals surface area contributed by atoms with Crippen LogP contribution < -0.4 is 5.32 Å². The van der Waals surface area contributed by atoms with E-state index in [1.807, 2.05) is 31.3 Å². The quantitative estimate of drug-likeness (QED) is 0.898. The molecule has 0 aliphatic carbocycles. The Labute approximate surface area is 119 Å². The first kappa shape index (κ1) is 15.3. The number of hydrogen-bond acceptors (Lipinski definition) is 3. The van der Waals surface area contributed by atoms with Crippen molar-refractivity contribution in [2.75, 3.05) is 7.05 Å². The van der Waals surface area contributed by atoms with E-state index >= 15 is 0 Å². The van der Waals surface area contributed by atoms with Gasteiger partial charge in [-0.25, -0.2) is 0 Å². The lowest BCUT2D eigenvalue weighted by Crippen LogP contribution is -2.28. The number of fused-ring (bicyclic) bond motifs is 1. The number of nitrogens with one attached hydrogen (secondary N) is 1. The minimum atomic E-state index is -4.32. The molecule has 1 heterocycles. The minimum Gasteiger partial charge on any atom is -0.364 e. The molecule has 110 valence electrons. The highest BCUT2D eigenvalue weighted by Gasteiger charge is 2.37. The number of ether oxygens (including phenoxy) is 1. The Morgan fingerprint density at radius 1 is 1.30 bits per heavy atom. The Balaban J connectivity index is 2.25. The minimum absolute atomic E-state index is 0.0261. The molecule has 1 aromatic carbocycles. The van der Waals surface area contributed by atoms with Crippen molar-refractivity contribution in [1.82, 2.24) is 5.32 Å². The number of thiophene rings is 1. The molecule has 1 atom stereocenters.